The zero-order valence-corrected chi connectivity index (χ0v) is 16.5. The second kappa shape index (κ2) is 8.99. The van der Waals surface area contributed by atoms with Crippen LogP contribution in [0.3, 0.4) is 0 Å². The molecule has 0 radical (unpaired) electrons. The van der Waals surface area contributed by atoms with E-state index >= 15 is 0 Å². The molecule has 2 rings (SSSR count). The van der Waals surface area contributed by atoms with Gasteiger partial charge in [-0.1, -0.05) is 31.2 Å². The highest BCUT2D eigenvalue weighted by molar-refractivity contribution is 7.87. The highest BCUT2D eigenvalue weighted by atomic mass is 32.2. The van der Waals surface area contributed by atoms with Crippen molar-refractivity contribution in [3.63, 3.8) is 0 Å². The van der Waals surface area contributed by atoms with E-state index in [1.54, 1.807) is 35.2 Å². The van der Waals surface area contributed by atoms with E-state index in [0.717, 1.165) is 0 Å². The zero-order chi connectivity index (χ0) is 20.0. The number of benzene rings is 2. The molecule has 0 saturated carbocycles. The van der Waals surface area contributed by atoms with Crippen LogP contribution >= 0.6 is 0 Å². The molecule has 0 aliphatic heterocycles. The fourth-order valence-electron chi connectivity index (χ4n) is 2.53. The lowest BCUT2D eigenvalue weighted by Crippen LogP contribution is -2.38. The van der Waals surface area contributed by atoms with Crippen molar-refractivity contribution in [1.29, 1.82) is 0 Å². The van der Waals surface area contributed by atoms with Gasteiger partial charge >= 0.3 is 10.1 Å². The normalized spacial score (nSPS) is 12.4. The Hall–Kier alpha value is -2.41. The Bertz CT molecular complexity index is 898. The molecule has 0 spiro atoms. The lowest BCUT2D eigenvalue weighted by molar-refractivity contribution is 0.0670. The standard InChI is InChI=1S/C20H24FNO4S/c1-4-15(3)22(20(23)16-10-8-11-18(21)13-16)14-17-9-6-7-12-19(17)26-27(24,25)5-2/h6-13,15H,4-5,14H2,1-3H3/t15-/m1/s1. The van der Waals surface area contributed by atoms with E-state index < -0.39 is 15.9 Å². The number of hydrogen-bond acceptors (Lipinski definition) is 4. The number of para-hydroxylation sites is 1. The number of hydrogen-bond donors (Lipinski definition) is 0. The molecular weight excluding hydrogens is 369 g/mol. The molecule has 0 bridgehead atoms. The largest absolute Gasteiger partial charge is 0.382 e. The second-order valence-corrected chi connectivity index (χ2v) is 8.10. The van der Waals surface area contributed by atoms with Crippen LogP contribution in [0.2, 0.25) is 0 Å². The van der Waals surface area contributed by atoms with E-state index in [1.165, 1.54) is 25.1 Å². The Labute approximate surface area is 159 Å². The SMILES string of the molecule is CC[C@@H](C)N(Cc1ccccc1OS(=O)(=O)CC)C(=O)c1cccc(F)c1. The molecule has 0 heterocycles. The molecule has 2 aromatic carbocycles. The Morgan fingerprint density at radius 3 is 2.48 bits per heavy atom. The van der Waals surface area contributed by atoms with Crippen LogP contribution in [-0.2, 0) is 16.7 Å². The summed E-state index contributed by atoms with van der Waals surface area (Å²) < 4.78 is 42.4. The molecular formula is C20H24FNO4S. The predicted molar refractivity (Wildman–Crippen MR) is 103 cm³/mol. The van der Waals surface area contributed by atoms with Crippen LogP contribution in [0.1, 0.15) is 43.1 Å². The van der Waals surface area contributed by atoms with Gasteiger partial charge in [0.2, 0.25) is 0 Å². The summed E-state index contributed by atoms with van der Waals surface area (Å²) in [6, 6.07) is 12.1. The molecule has 7 heteroatoms. The predicted octanol–water partition coefficient (Wildman–Crippen LogP) is 4.00. The maximum Gasteiger partial charge on any atom is 0.308 e. The highest BCUT2D eigenvalue weighted by Gasteiger charge is 2.23. The Balaban J connectivity index is 2.36. The van der Waals surface area contributed by atoms with Gasteiger partial charge in [-0.25, -0.2) is 4.39 Å². The molecule has 2 aromatic rings. The zero-order valence-electron chi connectivity index (χ0n) is 15.7. The molecule has 0 aliphatic rings. The van der Waals surface area contributed by atoms with E-state index in [0.29, 0.717) is 12.0 Å². The van der Waals surface area contributed by atoms with Crippen molar-refractivity contribution in [1.82, 2.24) is 4.90 Å². The number of carbonyl (C=O) groups is 1. The number of halogens is 1. The van der Waals surface area contributed by atoms with Gasteiger partial charge in [-0.3, -0.25) is 4.79 Å². The number of nitrogens with zero attached hydrogens (tertiary/aromatic N) is 1. The number of amides is 1. The molecule has 0 saturated heterocycles. The summed E-state index contributed by atoms with van der Waals surface area (Å²) in [7, 11) is -3.69. The molecule has 0 N–H and O–H groups in total. The first-order valence-corrected chi connectivity index (χ1v) is 10.4. The van der Waals surface area contributed by atoms with Gasteiger partial charge in [-0.15, -0.1) is 0 Å². The summed E-state index contributed by atoms with van der Waals surface area (Å²) in [5, 5.41) is 0. The third kappa shape index (κ3) is 5.53. The van der Waals surface area contributed by atoms with Gasteiger partial charge in [0.15, 0.2) is 0 Å². The van der Waals surface area contributed by atoms with Gasteiger partial charge in [0.1, 0.15) is 11.6 Å². The van der Waals surface area contributed by atoms with Crippen LogP contribution in [0, 0.1) is 5.82 Å². The third-order valence-corrected chi connectivity index (χ3v) is 5.48. The van der Waals surface area contributed by atoms with Crippen molar-refractivity contribution in [2.75, 3.05) is 5.75 Å². The van der Waals surface area contributed by atoms with Gasteiger partial charge < -0.3 is 9.08 Å². The average molecular weight is 393 g/mol. The van der Waals surface area contributed by atoms with Gasteiger partial charge in [-0.05, 0) is 44.5 Å². The van der Waals surface area contributed by atoms with Crippen LogP contribution in [0.25, 0.3) is 0 Å². The maximum absolute atomic E-state index is 13.5. The number of rotatable bonds is 8. The molecule has 0 aliphatic carbocycles. The van der Waals surface area contributed by atoms with Crippen molar-refractivity contribution in [3.05, 3.63) is 65.5 Å². The van der Waals surface area contributed by atoms with Crippen molar-refractivity contribution >= 4 is 16.0 Å². The van der Waals surface area contributed by atoms with Crippen LogP contribution in [0.15, 0.2) is 48.5 Å². The Morgan fingerprint density at radius 2 is 1.85 bits per heavy atom. The molecule has 27 heavy (non-hydrogen) atoms. The molecule has 1 amide bonds. The van der Waals surface area contributed by atoms with Crippen molar-refractivity contribution in [2.24, 2.45) is 0 Å². The minimum atomic E-state index is -3.69. The Kier molecular flexibility index (Phi) is 6.96. The average Bonchev–Trinajstić information content (AvgIpc) is 2.66. The van der Waals surface area contributed by atoms with Crippen molar-refractivity contribution in [2.45, 2.75) is 39.8 Å². The van der Waals surface area contributed by atoms with E-state index in [4.69, 9.17) is 4.18 Å². The molecule has 0 aromatic heterocycles. The van der Waals surface area contributed by atoms with E-state index in [9.17, 15) is 17.6 Å². The number of carbonyl (C=O) groups excluding carboxylic acids is 1. The minimum absolute atomic E-state index is 0.128. The van der Waals surface area contributed by atoms with Crippen LogP contribution < -0.4 is 4.18 Å². The van der Waals surface area contributed by atoms with Gasteiger partial charge in [0, 0.05) is 23.7 Å². The van der Waals surface area contributed by atoms with E-state index in [1.807, 2.05) is 13.8 Å². The van der Waals surface area contributed by atoms with Gasteiger partial charge in [0.25, 0.3) is 5.91 Å². The first-order chi connectivity index (χ1) is 12.8. The summed E-state index contributed by atoms with van der Waals surface area (Å²) in [6.45, 7) is 5.49. The second-order valence-electron chi connectivity index (χ2n) is 6.24. The van der Waals surface area contributed by atoms with Crippen molar-refractivity contribution in [3.8, 4) is 5.75 Å². The molecule has 146 valence electrons. The first-order valence-electron chi connectivity index (χ1n) is 8.84. The minimum Gasteiger partial charge on any atom is -0.382 e. The summed E-state index contributed by atoms with van der Waals surface area (Å²) in [6.07, 6.45) is 0.692. The maximum atomic E-state index is 13.5. The highest BCUT2D eigenvalue weighted by Crippen LogP contribution is 2.24. The lowest BCUT2D eigenvalue weighted by Gasteiger charge is -2.29. The van der Waals surface area contributed by atoms with Crippen LogP contribution in [0.5, 0.6) is 5.75 Å². The third-order valence-electron chi connectivity index (χ3n) is 4.34. The lowest BCUT2D eigenvalue weighted by atomic mass is 10.1. The summed E-state index contributed by atoms with van der Waals surface area (Å²) in [5.74, 6) is -0.766. The van der Waals surface area contributed by atoms with Crippen LogP contribution in [-0.4, -0.2) is 31.0 Å². The monoisotopic (exact) mass is 393 g/mol. The van der Waals surface area contributed by atoms with E-state index in [-0.39, 0.29) is 35.6 Å². The summed E-state index contributed by atoms with van der Waals surface area (Å²) in [4.78, 5) is 14.5. The summed E-state index contributed by atoms with van der Waals surface area (Å²) >= 11 is 0. The molecule has 5 nitrogen and oxygen atoms in total. The van der Waals surface area contributed by atoms with Crippen molar-refractivity contribution < 1.29 is 21.8 Å². The topological polar surface area (TPSA) is 63.7 Å². The molecule has 0 unspecified atom stereocenters. The smallest absolute Gasteiger partial charge is 0.308 e. The van der Waals surface area contributed by atoms with E-state index in [2.05, 4.69) is 0 Å². The fourth-order valence-corrected chi connectivity index (χ4v) is 3.08. The Morgan fingerprint density at radius 1 is 1.15 bits per heavy atom. The van der Waals surface area contributed by atoms with Crippen LogP contribution in [0.4, 0.5) is 4.39 Å². The quantitative estimate of drug-likeness (QED) is 0.636. The van der Waals surface area contributed by atoms with Gasteiger partial charge in [-0.2, -0.15) is 8.42 Å². The molecule has 0 fully saturated rings. The molecule has 1 atom stereocenters. The summed E-state index contributed by atoms with van der Waals surface area (Å²) in [5.41, 5.74) is 0.814. The first kappa shape index (κ1) is 20.9. The fraction of sp³-hybridized carbons (Fsp3) is 0.350. The van der Waals surface area contributed by atoms with Gasteiger partial charge in [0.05, 0.1) is 5.75 Å².